The van der Waals surface area contributed by atoms with Crippen LogP contribution in [0, 0.1) is 11.6 Å². The van der Waals surface area contributed by atoms with Gasteiger partial charge in [-0.2, -0.15) is 0 Å². The molecule has 0 heterocycles. The first-order valence-electron chi connectivity index (χ1n) is 11.8. The normalized spacial score (nSPS) is 12.8. The zero-order valence-electron chi connectivity index (χ0n) is 20.5. The lowest BCUT2D eigenvalue weighted by Crippen LogP contribution is -2.48. The molecule has 0 aliphatic carbocycles. The minimum atomic E-state index is -0.994. The third kappa shape index (κ3) is 8.71. The number of halogens is 2. The first kappa shape index (κ1) is 27.8. The van der Waals surface area contributed by atoms with Crippen molar-refractivity contribution < 1.29 is 23.4 Å². The number of aliphatic hydroxyl groups excluding tert-OH is 1. The number of rotatable bonds is 13. The topological polar surface area (TPSA) is 70.6 Å². The molecule has 0 spiro atoms. The first-order valence-corrected chi connectivity index (χ1v) is 12.8. The van der Waals surface area contributed by atoms with Crippen LogP contribution in [-0.2, 0) is 24.1 Å². The van der Waals surface area contributed by atoms with E-state index in [2.05, 4.69) is 29.7 Å². The fourth-order valence-corrected chi connectivity index (χ4v) is 4.40. The summed E-state index contributed by atoms with van der Waals surface area (Å²) in [5.41, 5.74) is 3.07. The predicted octanol–water partition coefficient (Wildman–Crippen LogP) is 4.72. The standard InChI is InChI=1S/C28H32F2N2O3S/c1-3-19-5-4-6-20(11-19)16-31-17-27(33)26(14-21-12-23(29)15-24(30)13-21)32-28(34)22-7-9-25(10-8-22)36-18-35-2/h4-13,15,26-27,31,33H,3,14,16-18H2,1-2H3,(H,32,34)/t26-,27-/m0/s1. The van der Waals surface area contributed by atoms with Crippen LogP contribution >= 0.6 is 11.8 Å². The van der Waals surface area contributed by atoms with Crippen LogP contribution in [0.1, 0.15) is 34.0 Å². The number of aliphatic hydroxyl groups is 1. The molecule has 0 bridgehead atoms. The Balaban J connectivity index is 1.69. The number of ether oxygens (including phenoxy) is 1. The van der Waals surface area contributed by atoms with Gasteiger partial charge in [-0.3, -0.25) is 4.79 Å². The first-order chi connectivity index (χ1) is 17.4. The van der Waals surface area contributed by atoms with E-state index in [-0.39, 0.29) is 18.9 Å². The smallest absolute Gasteiger partial charge is 0.251 e. The lowest BCUT2D eigenvalue weighted by molar-refractivity contribution is 0.0829. The number of carbonyl (C=O) groups excluding carboxylic acids is 1. The van der Waals surface area contributed by atoms with Crippen LogP contribution in [0.25, 0.3) is 0 Å². The number of benzene rings is 3. The molecule has 0 unspecified atom stereocenters. The van der Waals surface area contributed by atoms with Crippen LogP contribution in [0.3, 0.4) is 0 Å². The third-order valence-electron chi connectivity index (χ3n) is 5.70. The van der Waals surface area contributed by atoms with Crippen molar-refractivity contribution in [3.63, 3.8) is 0 Å². The average molecular weight is 515 g/mol. The molecular formula is C28H32F2N2O3S. The van der Waals surface area contributed by atoms with Gasteiger partial charge in [-0.05, 0) is 65.9 Å². The Kier molecular flexibility index (Phi) is 10.9. The second kappa shape index (κ2) is 14.1. The summed E-state index contributed by atoms with van der Waals surface area (Å²) in [6.07, 6.45) is 0.00291. The summed E-state index contributed by atoms with van der Waals surface area (Å²) in [5, 5.41) is 17.0. The molecule has 3 rings (SSSR count). The van der Waals surface area contributed by atoms with Gasteiger partial charge in [0.2, 0.25) is 0 Å². The van der Waals surface area contributed by atoms with Gasteiger partial charge in [-0.25, -0.2) is 8.78 Å². The summed E-state index contributed by atoms with van der Waals surface area (Å²) in [6, 6.07) is 17.6. The summed E-state index contributed by atoms with van der Waals surface area (Å²) in [5.74, 6) is -1.29. The molecule has 5 nitrogen and oxygen atoms in total. The molecule has 0 aliphatic heterocycles. The van der Waals surface area contributed by atoms with Crippen molar-refractivity contribution in [1.29, 1.82) is 0 Å². The minimum Gasteiger partial charge on any atom is -0.390 e. The maximum absolute atomic E-state index is 13.8. The molecule has 0 aromatic heterocycles. The number of carbonyl (C=O) groups is 1. The van der Waals surface area contributed by atoms with E-state index >= 15 is 0 Å². The Morgan fingerprint density at radius 3 is 2.36 bits per heavy atom. The number of methoxy groups -OCH3 is 1. The SMILES string of the molecule is CCc1cccc(CNC[C@H](O)[C@H](Cc2cc(F)cc(F)c2)NC(=O)c2ccc(SCOC)cc2)c1. The van der Waals surface area contributed by atoms with Gasteiger partial charge in [-0.15, -0.1) is 0 Å². The highest BCUT2D eigenvalue weighted by Gasteiger charge is 2.23. The molecule has 0 aliphatic rings. The Bertz CT molecular complexity index is 1110. The number of thioether (sulfide) groups is 1. The average Bonchev–Trinajstić information content (AvgIpc) is 2.86. The van der Waals surface area contributed by atoms with Crippen molar-refractivity contribution in [2.45, 2.75) is 43.4 Å². The number of amides is 1. The molecule has 0 fully saturated rings. The van der Waals surface area contributed by atoms with Crippen molar-refractivity contribution in [2.75, 3.05) is 19.6 Å². The van der Waals surface area contributed by atoms with Crippen molar-refractivity contribution >= 4 is 17.7 Å². The van der Waals surface area contributed by atoms with Gasteiger partial charge in [0.1, 0.15) is 11.6 Å². The van der Waals surface area contributed by atoms with E-state index in [9.17, 15) is 18.7 Å². The molecule has 3 aromatic carbocycles. The van der Waals surface area contributed by atoms with E-state index in [4.69, 9.17) is 4.74 Å². The van der Waals surface area contributed by atoms with E-state index in [1.807, 2.05) is 24.3 Å². The third-order valence-corrected chi connectivity index (χ3v) is 6.66. The van der Waals surface area contributed by atoms with Crippen molar-refractivity contribution in [3.05, 3.63) is 101 Å². The molecule has 2 atom stereocenters. The van der Waals surface area contributed by atoms with Gasteiger partial charge in [0.05, 0.1) is 18.1 Å². The molecule has 1 amide bonds. The number of hydrogen-bond acceptors (Lipinski definition) is 5. The number of aryl methyl sites for hydroxylation is 1. The van der Waals surface area contributed by atoms with Crippen LogP contribution in [-0.4, -0.2) is 42.8 Å². The highest BCUT2D eigenvalue weighted by molar-refractivity contribution is 7.99. The number of nitrogens with one attached hydrogen (secondary N) is 2. The number of hydrogen-bond donors (Lipinski definition) is 3. The summed E-state index contributed by atoms with van der Waals surface area (Å²) in [4.78, 5) is 13.9. The monoisotopic (exact) mass is 514 g/mol. The van der Waals surface area contributed by atoms with Gasteiger partial charge in [0.15, 0.2) is 0 Å². The highest BCUT2D eigenvalue weighted by Crippen LogP contribution is 2.19. The minimum absolute atomic E-state index is 0.0658. The lowest BCUT2D eigenvalue weighted by atomic mass is 10.00. The van der Waals surface area contributed by atoms with E-state index in [1.165, 1.54) is 29.5 Å². The summed E-state index contributed by atoms with van der Waals surface area (Å²) >= 11 is 1.50. The molecular weight excluding hydrogens is 482 g/mol. The summed E-state index contributed by atoms with van der Waals surface area (Å²) < 4.78 is 32.6. The second-order valence-corrected chi connectivity index (χ2v) is 9.50. The van der Waals surface area contributed by atoms with Crippen molar-refractivity contribution in [2.24, 2.45) is 0 Å². The predicted molar refractivity (Wildman–Crippen MR) is 139 cm³/mol. The van der Waals surface area contributed by atoms with Gasteiger partial charge in [-0.1, -0.05) is 43.0 Å². The van der Waals surface area contributed by atoms with Gasteiger partial charge < -0.3 is 20.5 Å². The van der Waals surface area contributed by atoms with Crippen molar-refractivity contribution in [3.8, 4) is 0 Å². The zero-order valence-corrected chi connectivity index (χ0v) is 21.3. The molecule has 0 saturated heterocycles. The summed E-state index contributed by atoms with van der Waals surface area (Å²) in [6.45, 7) is 2.82. The molecule has 3 aromatic rings. The molecule has 0 saturated carbocycles. The van der Waals surface area contributed by atoms with Crippen LogP contribution in [0.15, 0.2) is 71.6 Å². The van der Waals surface area contributed by atoms with Crippen LogP contribution in [0.4, 0.5) is 8.78 Å². The molecule has 8 heteroatoms. The molecule has 3 N–H and O–H groups in total. The van der Waals surface area contributed by atoms with Crippen molar-refractivity contribution in [1.82, 2.24) is 10.6 Å². The Hall–Kier alpha value is -2.78. The van der Waals surface area contributed by atoms with Gasteiger partial charge in [0, 0.05) is 36.7 Å². The van der Waals surface area contributed by atoms with Crippen LogP contribution in [0.5, 0.6) is 0 Å². The zero-order chi connectivity index (χ0) is 25.9. The van der Waals surface area contributed by atoms with E-state index in [0.29, 0.717) is 23.6 Å². The van der Waals surface area contributed by atoms with Crippen LogP contribution < -0.4 is 10.6 Å². The van der Waals surface area contributed by atoms with Gasteiger partial charge >= 0.3 is 0 Å². The fraction of sp³-hybridized carbons (Fsp3) is 0.321. The van der Waals surface area contributed by atoms with Gasteiger partial charge in [0.25, 0.3) is 5.91 Å². The quantitative estimate of drug-likeness (QED) is 0.228. The van der Waals surface area contributed by atoms with E-state index in [0.717, 1.165) is 22.9 Å². The molecule has 36 heavy (non-hydrogen) atoms. The second-order valence-electron chi connectivity index (χ2n) is 8.51. The Morgan fingerprint density at radius 1 is 1.00 bits per heavy atom. The fourth-order valence-electron chi connectivity index (χ4n) is 3.81. The maximum Gasteiger partial charge on any atom is 0.251 e. The molecule has 0 radical (unpaired) electrons. The largest absolute Gasteiger partial charge is 0.390 e. The van der Waals surface area contributed by atoms with E-state index in [1.54, 1.807) is 19.2 Å². The Labute approximate surface area is 215 Å². The lowest BCUT2D eigenvalue weighted by Gasteiger charge is -2.25. The summed E-state index contributed by atoms with van der Waals surface area (Å²) in [7, 11) is 1.61. The highest BCUT2D eigenvalue weighted by atomic mass is 32.2. The molecule has 192 valence electrons. The maximum atomic E-state index is 13.8. The Morgan fingerprint density at radius 2 is 1.69 bits per heavy atom. The van der Waals surface area contributed by atoms with Crippen LogP contribution in [0.2, 0.25) is 0 Å². The van der Waals surface area contributed by atoms with E-state index < -0.39 is 23.8 Å².